The number of hydrogen-bond donors (Lipinski definition) is 0. The van der Waals surface area contributed by atoms with Gasteiger partial charge in [-0.05, 0) is 43.2 Å². The predicted octanol–water partition coefficient (Wildman–Crippen LogP) is 5.37. The molecule has 6 heteroatoms. The molecule has 2 aromatic carbocycles. The molecule has 4 nitrogen and oxygen atoms in total. The fourth-order valence-electron chi connectivity index (χ4n) is 3.22. The Hall–Kier alpha value is -0.900. The summed E-state index contributed by atoms with van der Waals surface area (Å²) in [6.45, 7) is 4.11. The first-order valence-corrected chi connectivity index (χ1v) is 11.4. The number of benzene rings is 2. The normalized spacial score (nSPS) is 18.5. The van der Waals surface area contributed by atoms with Crippen LogP contribution < -0.4 is 18.9 Å². The van der Waals surface area contributed by atoms with Crippen molar-refractivity contribution >= 4 is 45.2 Å². The number of ether oxygens (including phenoxy) is 4. The van der Waals surface area contributed by atoms with Crippen LogP contribution in [0.1, 0.15) is 11.1 Å². The third-order valence-corrected chi connectivity index (χ3v) is 6.20. The summed E-state index contributed by atoms with van der Waals surface area (Å²) in [7, 11) is 3.37. The second-order valence-electron chi connectivity index (χ2n) is 6.28. The lowest BCUT2D eigenvalue weighted by Crippen LogP contribution is -2.40. The van der Waals surface area contributed by atoms with Gasteiger partial charge in [0.25, 0.3) is 0 Å². The van der Waals surface area contributed by atoms with Crippen LogP contribution in [0.25, 0.3) is 11.1 Å². The monoisotopic (exact) mass is 580 g/mol. The summed E-state index contributed by atoms with van der Waals surface area (Å²) >= 11 is 4.71. The van der Waals surface area contributed by atoms with Gasteiger partial charge in [-0.2, -0.15) is 0 Å². The molecule has 3 rings (SSSR count). The lowest BCUT2D eigenvalue weighted by atomic mass is 9.95. The van der Waals surface area contributed by atoms with Gasteiger partial charge in [-0.1, -0.05) is 45.2 Å². The molecule has 2 aromatic rings. The van der Waals surface area contributed by atoms with Crippen LogP contribution in [-0.4, -0.2) is 35.3 Å². The van der Waals surface area contributed by atoms with Gasteiger partial charge >= 0.3 is 0 Å². The summed E-state index contributed by atoms with van der Waals surface area (Å²) in [4.78, 5) is 0. The second kappa shape index (κ2) is 8.41. The summed E-state index contributed by atoms with van der Waals surface area (Å²) in [6.07, 6.45) is -0.0881. The summed E-state index contributed by atoms with van der Waals surface area (Å²) in [6, 6.07) is 8.09. The van der Waals surface area contributed by atoms with Gasteiger partial charge in [-0.25, -0.2) is 0 Å². The van der Waals surface area contributed by atoms with Crippen molar-refractivity contribution in [3.8, 4) is 34.1 Å². The molecule has 1 aliphatic rings. The third-order valence-electron chi connectivity index (χ3n) is 4.46. The van der Waals surface area contributed by atoms with Gasteiger partial charge in [-0.15, -0.1) is 0 Å². The Balaban J connectivity index is 2.33. The molecule has 0 amide bonds. The van der Waals surface area contributed by atoms with Gasteiger partial charge in [0.05, 0.1) is 19.8 Å². The highest BCUT2D eigenvalue weighted by atomic mass is 127. The van der Waals surface area contributed by atoms with Crippen molar-refractivity contribution in [1.82, 2.24) is 0 Å². The molecular formula is C20H22I2O4. The van der Waals surface area contributed by atoms with Crippen molar-refractivity contribution in [1.29, 1.82) is 0 Å². The Morgan fingerprint density at radius 3 is 2.00 bits per heavy atom. The van der Waals surface area contributed by atoms with Crippen LogP contribution in [0.4, 0.5) is 0 Å². The molecule has 0 saturated heterocycles. The molecule has 140 valence electrons. The quantitative estimate of drug-likeness (QED) is 0.361. The standard InChI is InChI=1S/C20H22I2O4/c1-11-5-14(24-4)20-15(6-11)25-17(9-21)18(10-22)26-16-8-13(23-3)7-12(2)19(16)20/h5-8,17-18H,9-10H2,1-4H3/t17-,18-/m0/s1. The SMILES string of the molecule is COc1cc(C)c2c(c1)O[C@@H](CI)[C@H](CI)Oc1cc(C)cc(OC)c1-2. The maximum Gasteiger partial charge on any atom is 0.145 e. The first-order chi connectivity index (χ1) is 12.5. The number of rotatable bonds is 4. The highest BCUT2D eigenvalue weighted by Gasteiger charge is 2.31. The molecule has 26 heavy (non-hydrogen) atoms. The Labute approximate surface area is 181 Å². The van der Waals surface area contributed by atoms with E-state index >= 15 is 0 Å². The number of aryl methyl sites for hydroxylation is 2. The zero-order valence-corrected chi connectivity index (χ0v) is 19.6. The minimum Gasteiger partial charge on any atom is -0.497 e. The molecular weight excluding hydrogens is 558 g/mol. The molecule has 1 heterocycles. The summed E-state index contributed by atoms with van der Waals surface area (Å²) < 4.78 is 25.7. The molecule has 0 bridgehead atoms. The minimum atomic E-state index is -0.0441. The molecule has 0 saturated carbocycles. The Morgan fingerprint density at radius 1 is 0.846 bits per heavy atom. The van der Waals surface area contributed by atoms with E-state index in [2.05, 4.69) is 65.1 Å². The summed E-state index contributed by atoms with van der Waals surface area (Å²) in [5.74, 6) is 3.23. The van der Waals surface area contributed by atoms with Crippen LogP contribution in [-0.2, 0) is 0 Å². The van der Waals surface area contributed by atoms with Gasteiger partial charge in [0.15, 0.2) is 0 Å². The van der Waals surface area contributed by atoms with Crippen molar-refractivity contribution in [3.63, 3.8) is 0 Å². The predicted molar refractivity (Wildman–Crippen MR) is 121 cm³/mol. The molecule has 0 N–H and O–H groups in total. The Morgan fingerprint density at radius 2 is 1.46 bits per heavy atom. The fourth-order valence-corrected chi connectivity index (χ4v) is 4.71. The van der Waals surface area contributed by atoms with Crippen LogP contribution in [0.5, 0.6) is 23.0 Å². The number of hydrogen-bond acceptors (Lipinski definition) is 4. The Bertz CT molecular complexity index is 803. The van der Waals surface area contributed by atoms with Gasteiger partial charge in [0.1, 0.15) is 35.2 Å². The van der Waals surface area contributed by atoms with E-state index in [9.17, 15) is 0 Å². The first kappa shape index (κ1) is 19.9. The molecule has 1 aliphatic heterocycles. The second-order valence-corrected chi connectivity index (χ2v) is 8.04. The van der Waals surface area contributed by atoms with Crippen LogP contribution in [0.3, 0.4) is 0 Å². The molecule has 0 aliphatic carbocycles. The van der Waals surface area contributed by atoms with Gasteiger partial charge in [0.2, 0.25) is 0 Å². The molecule has 0 fully saturated rings. The molecule has 0 radical (unpaired) electrons. The van der Waals surface area contributed by atoms with E-state index in [1.165, 1.54) is 0 Å². The van der Waals surface area contributed by atoms with Gasteiger partial charge < -0.3 is 18.9 Å². The van der Waals surface area contributed by atoms with Crippen LogP contribution in [0.2, 0.25) is 0 Å². The highest BCUT2D eigenvalue weighted by Crippen LogP contribution is 2.48. The number of halogens is 2. The van der Waals surface area contributed by atoms with E-state index in [1.807, 2.05) is 18.2 Å². The number of alkyl halides is 2. The van der Waals surface area contributed by atoms with Crippen LogP contribution in [0, 0.1) is 13.8 Å². The number of methoxy groups -OCH3 is 2. The van der Waals surface area contributed by atoms with Crippen LogP contribution in [0.15, 0.2) is 24.3 Å². The lowest BCUT2D eigenvalue weighted by molar-refractivity contribution is 0.0853. The van der Waals surface area contributed by atoms with Gasteiger partial charge in [0, 0.05) is 20.5 Å². The largest absolute Gasteiger partial charge is 0.497 e. The smallest absolute Gasteiger partial charge is 0.145 e. The van der Waals surface area contributed by atoms with Crippen molar-refractivity contribution in [3.05, 3.63) is 35.4 Å². The van der Waals surface area contributed by atoms with E-state index in [-0.39, 0.29) is 12.2 Å². The van der Waals surface area contributed by atoms with Gasteiger partial charge in [-0.3, -0.25) is 0 Å². The average Bonchev–Trinajstić information content (AvgIpc) is 2.62. The highest BCUT2D eigenvalue weighted by molar-refractivity contribution is 14.1. The van der Waals surface area contributed by atoms with Crippen molar-refractivity contribution in [2.24, 2.45) is 0 Å². The Kier molecular flexibility index (Phi) is 6.42. The average molecular weight is 580 g/mol. The zero-order valence-electron chi connectivity index (χ0n) is 15.3. The molecule has 0 aromatic heterocycles. The van der Waals surface area contributed by atoms with Crippen LogP contribution >= 0.6 is 45.2 Å². The van der Waals surface area contributed by atoms with Crippen molar-refractivity contribution in [2.75, 3.05) is 23.1 Å². The topological polar surface area (TPSA) is 36.9 Å². The van der Waals surface area contributed by atoms with E-state index in [0.29, 0.717) is 0 Å². The maximum absolute atomic E-state index is 6.43. The number of fused-ring (bicyclic) bond motifs is 3. The summed E-state index contributed by atoms with van der Waals surface area (Å²) in [5.41, 5.74) is 4.11. The maximum atomic E-state index is 6.43. The third kappa shape index (κ3) is 3.72. The fraction of sp³-hybridized carbons (Fsp3) is 0.400. The zero-order chi connectivity index (χ0) is 18.8. The van der Waals surface area contributed by atoms with E-state index < -0.39 is 0 Å². The van der Waals surface area contributed by atoms with E-state index in [4.69, 9.17) is 18.9 Å². The summed E-state index contributed by atoms with van der Waals surface area (Å²) in [5, 5.41) is 0. The lowest BCUT2D eigenvalue weighted by Gasteiger charge is -2.32. The first-order valence-electron chi connectivity index (χ1n) is 8.35. The van der Waals surface area contributed by atoms with E-state index in [0.717, 1.165) is 54.1 Å². The molecule has 0 spiro atoms. The van der Waals surface area contributed by atoms with Crippen molar-refractivity contribution in [2.45, 2.75) is 26.1 Å². The molecule has 0 unspecified atom stereocenters. The minimum absolute atomic E-state index is 0.0441. The molecule has 2 atom stereocenters. The van der Waals surface area contributed by atoms with Crippen molar-refractivity contribution < 1.29 is 18.9 Å². The van der Waals surface area contributed by atoms with E-state index in [1.54, 1.807) is 14.2 Å².